The molecule has 1 aliphatic carbocycles. The van der Waals surface area contributed by atoms with E-state index in [-0.39, 0.29) is 18.0 Å². The van der Waals surface area contributed by atoms with Crippen molar-refractivity contribution >= 4 is 17.8 Å². The lowest BCUT2D eigenvalue weighted by Crippen LogP contribution is -2.28. The maximum absolute atomic E-state index is 14.2. The summed E-state index contributed by atoms with van der Waals surface area (Å²) < 4.78 is 19.7. The fourth-order valence-corrected chi connectivity index (χ4v) is 4.15. The van der Waals surface area contributed by atoms with Gasteiger partial charge in [-0.2, -0.15) is 4.98 Å². The summed E-state index contributed by atoms with van der Waals surface area (Å²) in [5.41, 5.74) is 0.892. The molecule has 7 nitrogen and oxygen atoms in total. The van der Waals surface area contributed by atoms with E-state index < -0.39 is 5.82 Å². The van der Waals surface area contributed by atoms with Crippen LogP contribution in [-0.4, -0.2) is 46.6 Å². The summed E-state index contributed by atoms with van der Waals surface area (Å²) in [7, 11) is 0. The molecule has 1 saturated heterocycles. The number of hydrogen-bond acceptors (Lipinski definition) is 6. The third-order valence-electron chi connectivity index (χ3n) is 5.60. The summed E-state index contributed by atoms with van der Waals surface area (Å²) in [6.07, 6.45) is 8.73. The Kier molecular flexibility index (Phi) is 5.92. The number of carbonyl (C=O) groups excluding carboxylic acids is 1. The van der Waals surface area contributed by atoms with Gasteiger partial charge in [0.25, 0.3) is 0 Å². The van der Waals surface area contributed by atoms with Gasteiger partial charge in [-0.25, -0.2) is 9.37 Å². The molecule has 3 heterocycles. The highest BCUT2D eigenvalue weighted by Gasteiger charge is 2.55. The van der Waals surface area contributed by atoms with Gasteiger partial charge in [0, 0.05) is 38.1 Å². The van der Waals surface area contributed by atoms with Gasteiger partial charge in [0.2, 0.25) is 5.91 Å². The van der Waals surface area contributed by atoms with Crippen molar-refractivity contribution in [3.63, 3.8) is 0 Å². The third-order valence-corrected chi connectivity index (χ3v) is 5.60. The average molecular weight is 411 g/mol. The summed E-state index contributed by atoms with van der Waals surface area (Å²) >= 11 is 0. The van der Waals surface area contributed by atoms with E-state index in [9.17, 15) is 9.18 Å². The van der Waals surface area contributed by atoms with Gasteiger partial charge in [0.15, 0.2) is 11.6 Å². The molecule has 8 heteroatoms. The quantitative estimate of drug-likeness (QED) is 0.673. The number of hydrogen-bond donors (Lipinski definition) is 1. The first-order valence-electron chi connectivity index (χ1n) is 10.3. The molecule has 0 spiro atoms. The normalized spacial score (nSPS) is 22.4. The van der Waals surface area contributed by atoms with Gasteiger partial charge in [0.1, 0.15) is 0 Å². The molecule has 2 fully saturated rings. The molecule has 30 heavy (non-hydrogen) atoms. The minimum Gasteiger partial charge on any atom is -0.461 e. The fraction of sp³-hybridized carbons (Fsp3) is 0.455. The van der Waals surface area contributed by atoms with E-state index in [1.807, 2.05) is 30.9 Å². The number of piperidine rings is 1. The Balaban J connectivity index is 1.21. The number of nitrogens with zero attached hydrogens (tertiary/aromatic N) is 4. The van der Waals surface area contributed by atoms with Crippen LogP contribution in [0.2, 0.25) is 0 Å². The molecule has 1 aliphatic heterocycles. The Morgan fingerprint density at radius 1 is 1.37 bits per heavy atom. The van der Waals surface area contributed by atoms with Gasteiger partial charge in [-0.05, 0) is 55.7 Å². The van der Waals surface area contributed by atoms with Crippen LogP contribution in [-0.2, 0) is 4.79 Å². The lowest BCUT2D eigenvalue weighted by atomic mass is 10.2. The smallest absolute Gasteiger partial charge is 0.318 e. The van der Waals surface area contributed by atoms with E-state index in [2.05, 4.69) is 20.3 Å². The number of ether oxygens (including phenoxy) is 1. The second-order valence-corrected chi connectivity index (χ2v) is 8.09. The van der Waals surface area contributed by atoms with E-state index in [0.29, 0.717) is 30.1 Å². The van der Waals surface area contributed by atoms with Gasteiger partial charge >= 0.3 is 6.01 Å². The number of pyridine rings is 1. The van der Waals surface area contributed by atoms with Crippen molar-refractivity contribution in [3.8, 4) is 6.01 Å². The zero-order valence-corrected chi connectivity index (χ0v) is 17.2. The molecule has 4 rings (SSSR count). The maximum atomic E-state index is 14.2. The zero-order chi connectivity index (χ0) is 21.1. The van der Waals surface area contributed by atoms with E-state index >= 15 is 0 Å². The number of anilines is 1. The molecule has 2 unspecified atom stereocenters. The fourth-order valence-electron chi connectivity index (χ4n) is 4.15. The maximum Gasteiger partial charge on any atom is 0.318 e. The molecule has 1 N–H and O–H groups in total. The van der Waals surface area contributed by atoms with Gasteiger partial charge in [-0.1, -0.05) is 6.07 Å². The molecule has 2 aliphatic rings. The summed E-state index contributed by atoms with van der Waals surface area (Å²) in [5.74, 6) is 1.41. The topological polar surface area (TPSA) is 80.2 Å². The number of amides is 1. The zero-order valence-electron chi connectivity index (χ0n) is 17.2. The molecule has 158 valence electrons. The SMILES string of the molecule is CC(C)Oc1ncc(F)c(N2CC3C(CCNC(=O)/C=C/c4cccnc4)C3C2)n1. The lowest BCUT2D eigenvalue weighted by molar-refractivity contribution is -0.116. The van der Waals surface area contributed by atoms with Crippen LogP contribution >= 0.6 is 0 Å². The molecule has 0 bridgehead atoms. The first-order chi connectivity index (χ1) is 14.5. The summed E-state index contributed by atoms with van der Waals surface area (Å²) in [6.45, 7) is 5.96. The van der Waals surface area contributed by atoms with E-state index in [0.717, 1.165) is 25.1 Å². The molecule has 0 aromatic carbocycles. The number of nitrogens with one attached hydrogen (secondary N) is 1. The Hall–Kier alpha value is -3.03. The second-order valence-electron chi connectivity index (χ2n) is 8.09. The van der Waals surface area contributed by atoms with E-state index in [1.165, 1.54) is 12.3 Å². The van der Waals surface area contributed by atoms with Crippen molar-refractivity contribution < 1.29 is 13.9 Å². The van der Waals surface area contributed by atoms with Crippen LogP contribution in [0.15, 0.2) is 36.8 Å². The number of rotatable bonds is 8. The van der Waals surface area contributed by atoms with Gasteiger partial charge in [0.05, 0.1) is 12.3 Å². The summed E-state index contributed by atoms with van der Waals surface area (Å²) in [4.78, 5) is 26.1. The van der Waals surface area contributed by atoms with Crippen molar-refractivity contribution in [2.24, 2.45) is 17.8 Å². The molecule has 2 aromatic heterocycles. The molecular weight excluding hydrogens is 385 g/mol. The molecule has 2 atom stereocenters. The van der Waals surface area contributed by atoms with E-state index in [4.69, 9.17) is 4.74 Å². The van der Waals surface area contributed by atoms with Crippen LogP contribution in [0.5, 0.6) is 6.01 Å². The minimum atomic E-state index is -0.420. The monoisotopic (exact) mass is 411 g/mol. The van der Waals surface area contributed by atoms with Crippen molar-refractivity contribution in [1.82, 2.24) is 20.3 Å². The van der Waals surface area contributed by atoms with Crippen LogP contribution < -0.4 is 15.0 Å². The molecular formula is C22H26FN5O2. The predicted molar refractivity (Wildman–Crippen MR) is 111 cm³/mol. The van der Waals surface area contributed by atoms with Crippen molar-refractivity contribution in [3.05, 3.63) is 48.2 Å². The standard InChI is InChI=1S/C22H26FN5O2/c1-14(2)30-22-26-11-19(23)21(27-22)28-12-17-16(18(17)13-28)7-9-25-20(29)6-5-15-4-3-8-24-10-15/h3-6,8,10-11,14,16-18H,7,9,12-13H2,1-2H3,(H,25,29)/b6-5+. The van der Waals surface area contributed by atoms with Crippen LogP contribution in [0.3, 0.4) is 0 Å². The minimum absolute atomic E-state index is 0.0610. The van der Waals surface area contributed by atoms with Crippen LogP contribution in [0, 0.1) is 23.6 Å². The molecule has 1 saturated carbocycles. The first-order valence-corrected chi connectivity index (χ1v) is 10.3. The summed E-state index contributed by atoms with van der Waals surface area (Å²) in [5, 5.41) is 2.93. The average Bonchev–Trinajstić information content (AvgIpc) is 3.17. The number of carbonyl (C=O) groups is 1. The first kappa shape index (κ1) is 20.3. The third kappa shape index (κ3) is 4.75. The van der Waals surface area contributed by atoms with Crippen molar-refractivity contribution in [2.45, 2.75) is 26.4 Å². The number of halogens is 1. The van der Waals surface area contributed by atoms with Crippen molar-refractivity contribution in [2.75, 3.05) is 24.5 Å². The second kappa shape index (κ2) is 8.77. The van der Waals surface area contributed by atoms with Gasteiger partial charge < -0.3 is 15.0 Å². The van der Waals surface area contributed by atoms with E-state index in [1.54, 1.807) is 18.5 Å². The number of aromatic nitrogens is 3. The predicted octanol–water partition coefficient (Wildman–Crippen LogP) is 2.70. The highest BCUT2D eigenvalue weighted by Crippen LogP contribution is 2.54. The van der Waals surface area contributed by atoms with Crippen LogP contribution in [0.25, 0.3) is 6.08 Å². The van der Waals surface area contributed by atoms with Gasteiger partial charge in [-0.15, -0.1) is 0 Å². The lowest BCUT2D eigenvalue weighted by Gasteiger charge is -2.21. The Morgan fingerprint density at radius 3 is 2.87 bits per heavy atom. The highest BCUT2D eigenvalue weighted by atomic mass is 19.1. The highest BCUT2D eigenvalue weighted by molar-refractivity contribution is 5.91. The van der Waals surface area contributed by atoms with Crippen molar-refractivity contribution in [1.29, 1.82) is 0 Å². The largest absolute Gasteiger partial charge is 0.461 e. The Labute approximate surface area is 175 Å². The Bertz CT molecular complexity index is 909. The summed E-state index contributed by atoms with van der Waals surface area (Å²) in [6, 6.07) is 3.94. The molecule has 0 radical (unpaired) electrons. The molecule has 2 aromatic rings. The van der Waals surface area contributed by atoms with Crippen LogP contribution in [0.4, 0.5) is 10.2 Å². The Morgan fingerprint density at radius 2 is 2.17 bits per heavy atom. The molecule has 1 amide bonds. The number of fused-ring (bicyclic) bond motifs is 1. The van der Waals surface area contributed by atoms with Crippen LogP contribution in [0.1, 0.15) is 25.8 Å². The van der Waals surface area contributed by atoms with Gasteiger partial charge in [-0.3, -0.25) is 9.78 Å².